The molecule has 1 atom stereocenters. The van der Waals surface area contributed by atoms with Crippen molar-refractivity contribution in [2.75, 3.05) is 13.7 Å². The van der Waals surface area contributed by atoms with Crippen LogP contribution in [-0.2, 0) is 16.1 Å². The number of fused-ring (bicyclic) bond motifs is 2. The van der Waals surface area contributed by atoms with Crippen LogP contribution in [0.1, 0.15) is 49.6 Å². The van der Waals surface area contributed by atoms with E-state index in [1.54, 1.807) is 18.6 Å². The number of carbonyl (C=O) groups excluding carboxylic acids is 1. The van der Waals surface area contributed by atoms with Gasteiger partial charge in [0.25, 0.3) is 5.56 Å². The molecule has 0 amide bonds. The topological polar surface area (TPSA) is 74.8 Å². The predicted octanol–water partition coefficient (Wildman–Crippen LogP) is 5.04. The number of carbonyl (C=O) groups is 1. The first-order valence-corrected chi connectivity index (χ1v) is 14.3. The Hall–Kier alpha value is -4.17. The number of hydrogen-bond donors (Lipinski definition) is 0. The molecule has 5 rings (SSSR count). The van der Waals surface area contributed by atoms with E-state index >= 15 is 0 Å². The number of hydrogen-bond acceptors (Lipinski definition) is 6. The van der Waals surface area contributed by atoms with Crippen molar-refractivity contribution >= 4 is 34.3 Å². The number of rotatable bonds is 9. The Balaban J connectivity index is 1.80. The summed E-state index contributed by atoms with van der Waals surface area (Å²) in [6, 6.07) is 15.0. The van der Waals surface area contributed by atoms with Crippen LogP contribution in [0.2, 0.25) is 0 Å². The van der Waals surface area contributed by atoms with Crippen LogP contribution < -0.4 is 19.6 Å². The van der Waals surface area contributed by atoms with E-state index < -0.39 is 12.0 Å². The first kappa shape index (κ1) is 27.4. The van der Waals surface area contributed by atoms with Gasteiger partial charge in [-0.15, -0.1) is 6.58 Å². The van der Waals surface area contributed by atoms with Crippen molar-refractivity contribution in [2.45, 2.75) is 46.2 Å². The second kappa shape index (κ2) is 11.5. The van der Waals surface area contributed by atoms with Gasteiger partial charge in [-0.05, 0) is 50.1 Å². The zero-order valence-electron chi connectivity index (χ0n) is 23.3. The van der Waals surface area contributed by atoms with Gasteiger partial charge >= 0.3 is 5.97 Å². The quantitative estimate of drug-likeness (QED) is 0.214. The van der Waals surface area contributed by atoms with E-state index in [-0.39, 0.29) is 12.2 Å². The van der Waals surface area contributed by atoms with Crippen molar-refractivity contribution in [3.63, 3.8) is 0 Å². The monoisotopic (exact) mass is 555 g/mol. The van der Waals surface area contributed by atoms with E-state index in [1.807, 2.05) is 55.5 Å². The van der Waals surface area contributed by atoms with Crippen LogP contribution in [0.25, 0.3) is 17.0 Å². The lowest BCUT2D eigenvalue weighted by Crippen LogP contribution is -2.40. The van der Waals surface area contributed by atoms with Crippen LogP contribution in [0.4, 0.5) is 0 Å². The van der Waals surface area contributed by atoms with Gasteiger partial charge in [-0.3, -0.25) is 9.36 Å². The smallest absolute Gasteiger partial charge is 0.338 e. The maximum Gasteiger partial charge on any atom is 0.338 e. The van der Waals surface area contributed by atoms with Gasteiger partial charge in [0, 0.05) is 28.7 Å². The van der Waals surface area contributed by atoms with Gasteiger partial charge in [0.2, 0.25) is 0 Å². The average Bonchev–Trinajstić information content (AvgIpc) is 3.41. The number of methoxy groups -OCH3 is 1. The number of aromatic nitrogens is 2. The Labute approximate surface area is 237 Å². The standard InChI is InChI=1S/C32H33N3O4S/c1-6-12-25-28(31(37)39-8-3)29(21-13-11-14-22(18-21)38-5)35-30(36)27(40-32(35)33-25)19-24-20(4)34(17-7-2)26-16-10-9-15-23(24)26/h7,9-11,13-16,18-19,29H,2,6,8,12,17H2,1,3-5H3/b27-19+. The molecule has 1 aliphatic rings. The van der Waals surface area contributed by atoms with Crippen LogP contribution in [0, 0.1) is 6.92 Å². The second-order valence-corrected chi connectivity index (χ2v) is 10.6. The fraction of sp³-hybridized carbons (Fsp3) is 0.281. The summed E-state index contributed by atoms with van der Waals surface area (Å²) in [5.74, 6) is 0.183. The molecule has 0 N–H and O–H groups in total. The number of benzene rings is 2. The molecule has 2 aromatic heterocycles. The highest BCUT2D eigenvalue weighted by atomic mass is 32.1. The Kier molecular flexibility index (Phi) is 7.89. The molecular formula is C32H33N3O4S. The van der Waals surface area contributed by atoms with Crippen molar-refractivity contribution in [3.05, 3.63) is 109 Å². The van der Waals surface area contributed by atoms with Crippen molar-refractivity contribution < 1.29 is 14.3 Å². The van der Waals surface area contributed by atoms with Gasteiger partial charge in [0.05, 0.1) is 35.6 Å². The third-order valence-electron chi connectivity index (χ3n) is 7.17. The van der Waals surface area contributed by atoms with Crippen molar-refractivity contribution in [1.29, 1.82) is 0 Å². The fourth-order valence-electron chi connectivity index (χ4n) is 5.38. The molecule has 0 radical (unpaired) electrons. The second-order valence-electron chi connectivity index (χ2n) is 9.61. The molecule has 0 spiro atoms. The predicted molar refractivity (Wildman–Crippen MR) is 159 cm³/mol. The molecule has 0 saturated carbocycles. The highest BCUT2D eigenvalue weighted by molar-refractivity contribution is 7.07. The molecular weight excluding hydrogens is 522 g/mol. The molecule has 7 nitrogen and oxygen atoms in total. The van der Waals surface area contributed by atoms with E-state index in [1.165, 1.54) is 11.3 Å². The zero-order chi connectivity index (χ0) is 28.4. The lowest BCUT2D eigenvalue weighted by molar-refractivity contribution is -0.139. The molecule has 206 valence electrons. The van der Waals surface area contributed by atoms with E-state index in [2.05, 4.69) is 30.2 Å². The van der Waals surface area contributed by atoms with Gasteiger partial charge in [0.1, 0.15) is 5.75 Å². The summed E-state index contributed by atoms with van der Waals surface area (Å²) in [5, 5.41) is 1.07. The molecule has 40 heavy (non-hydrogen) atoms. The number of nitrogens with zero attached hydrogens (tertiary/aromatic N) is 3. The lowest BCUT2D eigenvalue weighted by atomic mass is 9.94. The minimum absolute atomic E-state index is 0.200. The fourth-order valence-corrected chi connectivity index (χ4v) is 6.38. The van der Waals surface area contributed by atoms with Crippen molar-refractivity contribution in [1.82, 2.24) is 9.13 Å². The summed E-state index contributed by atoms with van der Waals surface area (Å²) in [6.07, 6.45) is 5.21. The number of ether oxygens (including phenoxy) is 2. The largest absolute Gasteiger partial charge is 0.497 e. The molecule has 2 aromatic carbocycles. The van der Waals surface area contributed by atoms with Gasteiger partial charge in [-0.2, -0.15) is 0 Å². The van der Waals surface area contributed by atoms with E-state index in [0.29, 0.717) is 39.3 Å². The summed E-state index contributed by atoms with van der Waals surface area (Å²) < 4.78 is 15.4. The minimum atomic E-state index is -0.683. The number of esters is 1. The van der Waals surface area contributed by atoms with Crippen LogP contribution in [0.15, 0.2) is 82.2 Å². The van der Waals surface area contributed by atoms with Crippen LogP contribution >= 0.6 is 11.3 Å². The Bertz CT molecular complexity index is 1820. The molecule has 0 fully saturated rings. The molecule has 0 aliphatic carbocycles. The zero-order valence-corrected chi connectivity index (χ0v) is 24.1. The van der Waals surface area contributed by atoms with Crippen LogP contribution in [0.5, 0.6) is 5.75 Å². The lowest BCUT2D eigenvalue weighted by Gasteiger charge is -2.26. The highest BCUT2D eigenvalue weighted by Crippen LogP contribution is 2.34. The average molecular weight is 556 g/mol. The summed E-state index contributed by atoms with van der Waals surface area (Å²) in [5.41, 5.74) is 4.73. The molecule has 8 heteroatoms. The third kappa shape index (κ3) is 4.73. The van der Waals surface area contributed by atoms with Crippen molar-refractivity contribution in [3.8, 4) is 5.75 Å². The first-order valence-electron chi connectivity index (χ1n) is 13.5. The molecule has 3 heterocycles. The number of thiazole rings is 1. The number of allylic oxidation sites excluding steroid dienone is 2. The Morgan fingerprint density at radius 2 is 1.98 bits per heavy atom. The minimum Gasteiger partial charge on any atom is -0.497 e. The van der Waals surface area contributed by atoms with Gasteiger partial charge < -0.3 is 14.0 Å². The molecule has 0 bridgehead atoms. The van der Waals surface area contributed by atoms with E-state index in [9.17, 15) is 9.59 Å². The van der Waals surface area contributed by atoms with Crippen molar-refractivity contribution in [2.24, 2.45) is 4.99 Å². The van der Waals surface area contributed by atoms with Gasteiger partial charge in [-0.25, -0.2) is 9.79 Å². The van der Waals surface area contributed by atoms with Gasteiger partial charge in [-0.1, -0.05) is 61.1 Å². The first-order chi connectivity index (χ1) is 19.4. The summed E-state index contributed by atoms with van der Waals surface area (Å²) in [6.45, 7) is 10.7. The van der Waals surface area contributed by atoms with Gasteiger partial charge in [0.15, 0.2) is 4.80 Å². The van der Waals surface area contributed by atoms with Crippen LogP contribution in [-0.4, -0.2) is 28.8 Å². The molecule has 4 aromatic rings. The Morgan fingerprint density at radius 3 is 2.70 bits per heavy atom. The summed E-state index contributed by atoms with van der Waals surface area (Å²) >= 11 is 1.34. The van der Waals surface area contributed by atoms with Crippen LogP contribution in [0.3, 0.4) is 0 Å². The normalized spacial score (nSPS) is 15.2. The SMILES string of the molecule is C=CCn1c(C)c(/C=c2/sc3n(c2=O)C(c2cccc(OC)c2)C(C(=O)OCC)=C(CCC)N=3)c2ccccc21. The summed E-state index contributed by atoms with van der Waals surface area (Å²) in [7, 11) is 1.60. The third-order valence-corrected chi connectivity index (χ3v) is 8.15. The molecule has 1 aliphatic heterocycles. The Morgan fingerprint density at radius 1 is 1.18 bits per heavy atom. The van der Waals surface area contributed by atoms with E-state index in [4.69, 9.17) is 14.5 Å². The maximum atomic E-state index is 14.2. The van der Waals surface area contributed by atoms with E-state index in [0.717, 1.165) is 34.1 Å². The highest BCUT2D eigenvalue weighted by Gasteiger charge is 2.34. The summed E-state index contributed by atoms with van der Waals surface area (Å²) in [4.78, 5) is 33.0. The maximum absolute atomic E-state index is 14.2. The molecule has 1 unspecified atom stereocenters. The number of para-hydroxylation sites is 1. The molecule has 0 saturated heterocycles.